The van der Waals surface area contributed by atoms with Gasteiger partial charge in [-0.15, -0.1) is 0 Å². The van der Waals surface area contributed by atoms with E-state index in [0.717, 1.165) is 0 Å². The second-order valence-electron chi connectivity index (χ2n) is 5.69. The van der Waals surface area contributed by atoms with E-state index in [-0.39, 0.29) is 17.1 Å². The van der Waals surface area contributed by atoms with Gasteiger partial charge in [0.05, 0.1) is 19.0 Å². The summed E-state index contributed by atoms with van der Waals surface area (Å²) < 4.78 is 12.1. The number of anilines is 1. The molecule has 2 aromatic heterocycles. The van der Waals surface area contributed by atoms with Crippen LogP contribution < -0.4 is 11.3 Å². The van der Waals surface area contributed by atoms with Crippen LogP contribution in [0.15, 0.2) is 11.1 Å². The molecule has 11 heteroatoms. The zero-order chi connectivity index (χ0) is 17.6. The maximum Gasteiger partial charge on any atom is 0.280 e. The first kappa shape index (κ1) is 16.8. The first-order valence-corrected chi connectivity index (χ1v) is 7.26. The van der Waals surface area contributed by atoms with E-state index in [2.05, 4.69) is 15.0 Å². The van der Waals surface area contributed by atoms with Crippen LogP contribution in [0.5, 0.6) is 0 Å². The standard InChI is InChI=1S/C13H19N5O6/c1-5(23-2)13(22)8(20)6(3-19)24-11(13)18-4-15-7-9(18)16-12(14)17-10(7)21/h4-6,8,11,19-20,22H,3H2,1-2H3,(H3,14,16,17,21)/t5?,6-,8-,11-,13-/m1/s1. The molecule has 1 unspecified atom stereocenters. The highest BCUT2D eigenvalue weighted by Crippen LogP contribution is 2.42. The summed E-state index contributed by atoms with van der Waals surface area (Å²) >= 11 is 0. The second kappa shape index (κ2) is 5.79. The molecular weight excluding hydrogens is 322 g/mol. The number of nitrogens with two attached hydrogens (primary N) is 1. The molecule has 132 valence electrons. The van der Waals surface area contributed by atoms with Crippen LogP contribution in [-0.2, 0) is 9.47 Å². The van der Waals surface area contributed by atoms with Gasteiger partial charge >= 0.3 is 0 Å². The smallest absolute Gasteiger partial charge is 0.280 e. The van der Waals surface area contributed by atoms with E-state index in [4.69, 9.17) is 15.2 Å². The van der Waals surface area contributed by atoms with Crippen LogP contribution in [0, 0.1) is 0 Å². The molecule has 1 fully saturated rings. The molecule has 0 aromatic carbocycles. The van der Waals surface area contributed by atoms with E-state index in [0.29, 0.717) is 0 Å². The minimum atomic E-state index is -1.91. The van der Waals surface area contributed by atoms with Crippen LogP contribution in [-0.4, -0.2) is 72.5 Å². The molecule has 6 N–H and O–H groups in total. The highest BCUT2D eigenvalue weighted by Gasteiger charge is 2.59. The number of H-pyrrole nitrogens is 1. The fourth-order valence-electron chi connectivity index (χ4n) is 2.97. The van der Waals surface area contributed by atoms with Crippen molar-refractivity contribution in [3.63, 3.8) is 0 Å². The van der Waals surface area contributed by atoms with E-state index >= 15 is 0 Å². The lowest BCUT2D eigenvalue weighted by atomic mass is 9.88. The average Bonchev–Trinajstić information content (AvgIpc) is 3.07. The van der Waals surface area contributed by atoms with Gasteiger partial charge in [0, 0.05) is 7.11 Å². The number of ether oxygens (including phenoxy) is 2. The molecule has 11 nitrogen and oxygen atoms in total. The average molecular weight is 341 g/mol. The number of nitrogen functional groups attached to an aromatic ring is 1. The Morgan fingerprint density at radius 1 is 1.62 bits per heavy atom. The minimum Gasteiger partial charge on any atom is -0.394 e. The van der Waals surface area contributed by atoms with Gasteiger partial charge in [-0.2, -0.15) is 4.98 Å². The Bertz CT molecular complexity index is 806. The van der Waals surface area contributed by atoms with Gasteiger partial charge < -0.3 is 30.5 Å². The number of aromatic amines is 1. The number of hydrogen-bond donors (Lipinski definition) is 5. The van der Waals surface area contributed by atoms with Gasteiger partial charge in [-0.05, 0) is 6.92 Å². The lowest BCUT2D eigenvalue weighted by molar-refractivity contribution is -0.173. The lowest BCUT2D eigenvalue weighted by Gasteiger charge is -2.35. The van der Waals surface area contributed by atoms with Crippen LogP contribution in [0.4, 0.5) is 5.95 Å². The second-order valence-corrected chi connectivity index (χ2v) is 5.69. The predicted molar refractivity (Wildman–Crippen MR) is 81.0 cm³/mol. The Balaban J connectivity index is 2.18. The molecular formula is C13H19N5O6. The number of fused-ring (bicyclic) bond motifs is 1. The maximum absolute atomic E-state index is 11.9. The van der Waals surface area contributed by atoms with Gasteiger partial charge in [0.15, 0.2) is 23.0 Å². The highest BCUT2D eigenvalue weighted by molar-refractivity contribution is 5.70. The van der Waals surface area contributed by atoms with Crippen molar-refractivity contribution < 1.29 is 24.8 Å². The van der Waals surface area contributed by atoms with Crippen LogP contribution in [0.2, 0.25) is 0 Å². The minimum absolute atomic E-state index is 0.00200. The molecule has 5 atom stereocenters. The van der Waals surface area contributed by atoms with Crippen molar-refractivity contribution in [1.82, 2.24) is 19.5 Å². The number of aliphatic hydroxyl groups excluding tert-OH is 2. The van der Waals surface area contributed by atoms with Gasteiger partial charge in [-0.1, -0.05) is 0 Å². The monoisotopic (exact) mass is 341 g/mol. The van der Waals surface area contributed by atoms with Gasteiger partial charge in [-0.25, -0.2) is 4.98 Å². The molecule has 3 rings (SSSR count). The molecule has 24 heavy (non-hydrogen) atoms. The summed E-state index contributed by atoms with van der Waals surface area (Å²) in [6.45, 7) is 1.03. The van der Waals surface area contributed by atoms with Crippen LogP contribution >= 0.6 is 0 Å². The predicted octanol–water partition coefficient (Wildman–Crippen LogP) is -2.28. The van der Waals surface area contributed by atoms with Crippen LogP contribution in [0.3, 0.4) is 0 Å². The van der Waals surface area contributed by atoms with Crippen LogP contribution in [0.25, 0.3) is 11.2 Å². The summed E-state index contributed by atoms with van der Waals surface area (Å²) in [7, 11) is 1.37. The number of rotatable bonds is 4. The zero-order valence-electron chi connectivity index (χ0n) is 13.1. The first-order chi connectivity index (χ1) is 11.3. The number of aliphatic hydroxyl groups is 3. The van der Waals surface area contributed by atoms with E-state index < -0.39 is 42.3 Å². The number of imidazole rings is 1. The van der Waals surface area contributed by atoms with Crippen molar-refractivity contribution in [3.8, 4) is 0 Å². The topological polar surface area (TPSA) is 169 Å². The first-order valence-electron chi connectivity index (χ1n) is 7.26. The quantitative estimate of drug-likeness (QED) is 0.411. The molecule has 0 aliphatic carbocycles. The third kappa shape index (κ3) is 2.21. The number of methoxy groups -OCH3 is 1. The number of nitrogens with one attached hydrogen (secondary N) is 1. The molecule has 2 aromatic rings. The SMILES string of the molecule is COC(C)[C@@]1(O)[C@H](O)[C@@H](CO)O[C@H]1n1cnc2c(=O)[nH]c(N)nc21. The van der Waals surface area contributed by atoms with Gasteiger partial charge in [0.1, 0.15) is 12.2 Å². The van der Waals surface area contributed by atoms with Gasteiger partial charge in [0.2, 0.25) is 5.95 Å². The molecule has 1 aliphatic rings. The Labute approximate surface area is 135 Å². The summed E-state index contributed by atoms with van der Waals surface area (Å²) in [5.41, 5.74) is 3.19. The highest BCUT2D eigenvalue weighted by atomic mass is 16.6. The van der Waals surface area contributed by atoms with E-state index in [1.54, 1.807) is 6.92 Å². The van der Waals surface area contributed by atoms with E-state index in [1.807, 2.05) is 0 Å². The van der Waals surface area contributed by atoms with Gasteiger partial charge in [0.25, 0.3) is 5.56 Å². The fourth-order valence-corrected chi connectivity index (χ4v) is 2.97. The lowest BCUT2D eigenvalue weighted by Crippen LogP contribution is -2.55. The molecule has 1 saturated heterocycles. The van der Waals surface area contributed by atoms with Crippen molar-refractivity contribution in [2.45, 2.75) is 37.1 Å². The van der Waals surface area contributed by atoms with Gasteiger partial charge in [-0.3, -0.25) is 14.3 Å². The van der Waals surface area contributed by atoms with E-state index in [1.165, 1.54) is 18.0 Å². The normalized spacial score (nSPS) is 31.6. The van der Waals surface area contributed by atoms with Crippen molar-refractivity contribution in [1.29, 1.82) is 0 Å². The fraction of sp³-hybridized carbons (Fsp3) is 0.615. The van der Waals surface area contributed by atoms with Crippen LogP contribution in [0.1, 0.15) is 13.2 Å². The zero-order valence-corrected chi connectivity index (χ0v) is 13.1. The molecule has 1 aliphatic heterocycles. The van der Waals surface area contributed by atoms with E-state index in [9.17, 15) is 20.1 Å². The maximum atomic E-state index is 11.9. The molecule has 0 bridgehead atoms. The summed E-state index contributed by atoms with van der Waals surface area (Å²) in [5.74, 6) is -0.130. The number of hydrogen-bond acceptors (Lipinski definition) is 9. The molecule has 0 spiro atoms. The molecule has 0 saturated carbocycles. The molecule has 3 heterocycles. The Hall–Kier alpha value is -2.05. The number of aromatic nitrogens is 4. The largest absolute Gasteiger partial charge is 0.394 e. The summed E-state index contributed by atoms with van der Waals surface area (Å²) in [6.07, 6.45) is -3.28. The summed E-state index contributed by atoms with van der Waals surface area (Å²) in [5, 5.41) is 30.8. The van der Waals surface area contributed by atoms with Crippen molar-refractivity contribution in [3.05, 3.63) is 16.7 Å². The third-order valence-corrected chi connectivity index (χ3v) is 4.41. The Kier molecular flexibility index (Phi) is 4.05. The Morgan fingerprint density at radius 2 is 2.33 bits per heavy atom. The number of nitrogens with zero attached hydrogens (tertiary/aromatic N) is 3. The summed E-state index contributed by atoms with van der Waals surface area (Å²) in [6, 6.07) is 0. The van der Waals surface area contributed by atoms with Crippen molar-refractivity contribution in [2.75, 3.05) is 19.5 Å². The molecule has 0 radical (unpaired) electrons. The Morgan fingerprint density at radius 3 is 2.96 bits per heavy atom. The van der Waals surface area contributed by atoms with Crippen molar-refractivity contribution >= 4 is 17.1 Å². The summed E-state index contributed by atoms with van der Waals surface area (Å²) in [4.78, 5) is 22.2. The van der Waals surface area contributed by atoms with Crippen molar-refractivity contribution in [2.24, 2.45) is 0 Å². The third-order valence-electron chi connectivity index (χ3n) is 4.41. The molecule has 0 amide bonds.